The number of carbonyl (C=O) groups excluding carboxylic acids is 1. The number of nitrogens with zero attached hydrogens (tertiary/aromatic N) is 1. The third kappa shape index (κ3) is 4.35. The molecule has 1 fully saturated rings. The van der Waals surface area contributed by atoms with E-state index in [-0.39, 0.29) is 5.97 Å². The van der Waals surface area contributed by atoms with Crippen LogP contribution < -0.4 is 5.32 Å². The number of likely N-dealkylation sites (tertiary alicyclic amines) is 1. The van der Waals surface area contributed by atoms with Gasteiger partial charge < -0.3 is 15.0 Å². The molecular formula is C16H23ClN2O2. The predicted octanol–water partition coefficient (Wildman–Crippen LogP) is 3.41. The van der Waals surface area contributed by atoms with Crippen LogP contribution in [0.4, 0.5) is 5.69 Å². The van der Waals surface area contributed by atoms with Crippen molar-refractivity contribution in [3.8, 4) is 0 Å². The largest absolute Gasteiger partial charge is 0.465 e. The summed E-state index contributed by atoms with van der Waals surface area (Å²) in [5.41, 5.74) is 1.33. The number of benzene rings is 1. The average Bonchev–Trinajstić information content (AvgIpc) is 2.51. The van der Waals surface area contributed by atoms with Crippen molar-refractivity contribution in [1.29, 1.82) is 0 Å². The second-order valence-corrected chi connectivity index (χ2v) is 5.85. The van der Waals surface area contributed by atoms with Gasteiger partial charge in [0.05, 0.1) is 23.4 Å². The molecule has 0 aromatic heterocycles. The summed E-state index contributed by atoms with van der Waals surface area (Å²) in [7, 11) is 1.38. The van der Waals surface area contributed by atoms with Gasteiger partial charge in [0.15, 0.2) is 0 Å². The summed E-state index contributed by atoms with van der Waals surface area (Å²) in [5.74, 6) is -0.340. The van der Waals surface area contributed by atoms with Crippen molar-refractivity contribution in [2.75, 3.05) is 32.1 Å². The Morgan fingerprint density at radius 1 is 1.43 bits per heavy atom. The first-order valence-corrected chi connectivity index (χ1v) is 7.88. The molecule has 1 aliphatic rings. The smallest absolute Gasteiger partial charge is 0.337 e. The fraction of sp³-hybridized carbons (Fsp3) is 0.562. The Morgan fingerprint density at radius 3 is 2.76 bits per heavy atom. The lowest BCUT2D eigenvalue weighted by Gasteiger charge is -2.32. The van der Waals surface area contributed by atoms with Gasteiger partial charge >= 0.3 is 5.97 Å². The molecule has 0 spiro atoms. The highest BCUT2D eigenvalue weighted by molar-refractivity contribution is 6.33. The number of halogens is 1. The zero-order chi connectivity index (χ0) is 15.2. The molecule has 4 nitrogen and oxygen atoms in total. The molecule has 21 heavy (non-hydrogen) atoms. The minimum Gasteiger partial charge on any atom is -0.465 e. The predicted molar refractivity (Wildman–Crippen MR) is 86.2 cm³/mol. The van der Waals surface area contributed by atoms with E-state index in [4.69, 9.17) is 16.3 Å². The van der Waals surface area contributed by atoms with Gasteiger partial charge in [-0.15, -0.1) is 0 Å². The third-order valence-corrected chi connectivity index (χ3v) is 4.20. The van der Waals surface area contributed by atoms with Crippen LogP contribution in [0.15, 0.2) is 18.2 Å². The van der Waals surface area contributed by atoms with E-state index in [0.29, 0.717) is 16.6 Å². The highest BCUT2D eigenvalue weighted by Gasteiger charge is 2.19. The molecule has 0 saturated carbocycles. The molecule has 0 amide bonds. The van der Waals surface area contributed by atoms with Gasteiger partial charge in [0, 0.05) is 19.1 Å². The molecule has 1 heterocycles. The Bertz CT molecular complexity index is 485. The van der Waals surface area contributed by atoms with Crippen molar-refractivity contribution in [2.45, 2.75) is 32.2 Å². The van der Waals surface area contributed by atoms with Crippen molar-refractivity contribution in [1.82, 2.24) is 4.90 Å². The maximum atomic E-state index is 11.6. The van der Waals surface area contributed by atoms with Crippen molar-refractivity contribution in [3.63, 3.8) is 0 Å². The summed E-state index contributed by atoms with van der Waals surface area (Å²) in [4.78, 5) is 14.1. The number of rotatable bonds is 5. The fourth-order valence-corrected chi connectivity index (χ4v) is 2.89. The number of carbonyl (C=O) groups is 1. The molecule has 1 saturated heterocycles. The van der Waals surface area contributed by atoms with E-state index in [2.05, 4.69) is 17.1 Å². The van der Waals surface area contributed by atoms with Crippen LogP contribution in [0.5, 0.6) is 0 Å². The maximum Gasteiger partial charge on any atom is 0.337 e. The molecule has 0 radical (unpaired) electrons. The van der Waals surface area contributed by atoms with Crippen LogP contribution in [0.2, 0.25) is 5.02 Å². The number of methoxy groups -OCH3 is 1. The first-order valence-electron chi connectivity index (χ1n) is 7.50. The lowest BCUT2D eigenvalue weighted by molar-refractivity contribution is 0.0601. The number of anilines is 1. The van der Waals surface area contributed by atoms with E-state index in [9.17, 15) is 4.79 Å². The molecule has 1 aromatic rings. The Labute approximate surface area is 131 Å². The zero-order valence-electron chi connectivity index (χ0n) is 12.7. The highest BCUT2D eigenvalue weighted by Crippen LogP contribution is 2.26. The summed E-state index contributed by atoms with van der Waals surface area (Å²) < 4.78 is 4.75. The van der Waals surface area contributed by atoms with E-state index in [1.807, 2.05) is 0 Å². The van der Waals surface area contributed by atoms with Gasteiger partial charge in [0.25, 0.3) is 0 Å². The third-order valence-electron chi connectivity index (χ3n) is 3.87. The molecule has 0 aliphatic carbocycles. The van der Waals surface area contributed by atoms with Crippen LogP contribution in [-0.4, -0.2) is 43.7 Å². The number of nitrogens with one attached hydrogen (secondary N) is 1. The normalized spacial score (nSPS) is 16.7. The highest BCUT2D eigenvalue weighted by atomic mass is 35.5. The van der Waals surface area contributed by atoms with Gasteiger partial charge in [-0.25, -0.2) is 4.79 Å². The fourth-order valence-electron chi connectivity index (χ4n) is 2.72. The van der Waals surface area contributed by atoms with Gasteiger partial charge in [-0.2, -0.15) is 0 Å². The lowest BCUT2D eigenvalue weighted by atomic mass is 10.0. The summed E-state index contributed by atoms with van der Waals surface area (Å²) in [6.45, 7) is 5.60. The Hall–Kier alpha value is -1.26. The molecule has 1 aliphatic heterocycles. The number of esters is 1. The second kappa shape index (κ2) is 7.66. The first-order chi connectivity index (χ1) is 10.1. The van der Waals surface area contributed by atoms with Crippen LogP contribution in [0.25, 0.3) is 0 Å². The van der Waals surface area contributed by atoms with Crippen molar-refractivity contribution < 1.29 is 9.53 Å². The Kier molecular flexibility index (Phi) is 5.88. The molecule has 2 rings (SSSR count). The minimum atomic E-state index is -0.340. The van der Waals surface area contributed by atoms with Gasteiger partial charge in [0.1, 0.15) is 0 Å². The standard InChI is InChI=1S/C16H23ClN2O2/c1-3-8-19-9-6-13(7-10-19)18-15-11-12(16(20)21-2)4-5-14(15)17/h4-5,11,13,18H,3,6-10H2,1-2H3. The molecule has 0 bridgehead atoms. The van der Waals surface area contributed by atoms with E-state index < -0.39 is 0 Å². The molecule has 1 N–H and O–H groups in total. The zero-order valence-corrected chi connectivity index (χ0v) is 13.4. The summed E-state index contributed by atoms with van der Waals surface area (Å²) >= 11 is 6.22. The lowest BCUT2D eigenvalue weighted by Crippen LogP contribution is -2.39. The average molecular weight is 311 g/mol. The molecule has 1 aromatic carbocycles. The number of hydrogen-bond acceptors (Lipinski definition) is 4. The summed E-state index contributed by atoms with van der Waals surface area (Å²) in [6.07, 6.45) is 3.39. The molecular weight excluding hydrogens is 288 g/mol. The molecule has 0 unspecified atom stereocenters. The van der Waals surface area contributed by atoms with Gasteiger partial charge in [-0.1, -0.05) is 18.5 Å². The van der Waals surface area contributed by atoms with Gasteiger partial charge in [-0.05, 0) is 44.0 Å². The Balaban J connectivity index is 1.98. The van der Waals surface area contributed by atoms with Gasteiger partial charge in [0.2, 0.25) is 0 Å². The van der Waals surface area contributed by atoms with E-state index in [0.717, 1.165) is 31.6 Å². The summed E-state index contributed by atoms with van der Waals surface area (Å²) in [6, 6.07) is 5.60. The second-order valence-electron chi connectivity index (χ2n) is 5.45. The molecule has 5 heteroatoms. The maximum absolute atomic E-state index is 11.6. The van der Waals surface area contributed by atoms with Crippen molar-refractivity contribution >= 4 is 23.3 Å². The van der Waals surface area contributed by atoms with Crippen molar-refractivity contribution in [2.24, 2.45) is 0 Å². The minimum absolute atomic E-state index is 0.340. The van der Waals surface area contributed by atoms with Crippen LogP contribution in [0.3, 0.4) is 0 Å². The van der Waals surface area contributed by atoms with Crippen molar-refractivity contribution in [3.05, 3.63) is 28.8 Å². The molecule has 116 valence electrons. The topological polar surface area (TPSA) is 41.6 Å². The molecule has 0 atom stereocenters. The van der Waals surface area contributed by atoms with E-state index >= 15 is 0 Å². The number of ether oxygens (including phenoxy) is 1. The monoisotopic (exact) mass is 310 g/mol. The van der Waals surface area contributed by atoms with E-state index in [1.54, 1.807) is 18.2 Å². The number of hydrogen-bond donors (Lipinski definition) is 1. The first kappa shape index (κ1) is 16.1. The number of piperidine rings is 1. The van der Waals surface area contributed by atoms with Crippen LogP contribution >= 0.6 is 11.6 Å². The van der Waals surface area contributed by atoms with Gasteiger partial charge in [-0.3, -0.25) is 0 Å². The van der Waals surface area contributed by atoms with E-state index in [1.165, 1.54) is 20.1 Å². The quantitative estimate of drug-likeness (QED) is 0.846. The van der Waals surface area contributed by atoms with Crippen LogP contribution in [0.1, 0.15) is 36.5 Å². The Morgan fingerprint density at radius 2 is 2.14 bits per heavy atom. The summed E-state index contributed by atoms with van der Waals surface area (Å²) in [5, 5.41) is 4.10. The van der Waals surface area contributed by atoms with Crippen LogP contribution in [-0.2, 0) is 4.74 Å². The SMILES string of the molecule is CCCN1CCC(Nc2cc(C(=O)OC)ccc2Cl)CC1. The van der Waals surface area contributed by atoms with Crippen LogP contribution in [0, 0.1) is 0 Å².